The van der Waals surface area contributed by atoms with Gasteiger partial charge in [0.05, 0.1) is 6.54 Å². The van der Waals surface area contributed by atoms with Crippen molar-refractivity contribution in [2.24, 2.45) is 0 Å². The second-order valence-corrected chi connectivity index (χ2v) is 6.21. The van der Waals surface area contributed by atoms with Gasteiger partial charge in [-0.3, -0.25) is 9.59 Å². The Balaban J connectivity index is 2.00. The van der Waals surface area contributed by atoms with E-state index in [1.54, 1.807) is 11.3 Å². The zero-order chi connectivity index (χ0) is 14.1. The Morgan fingerprint density at radius 1 is 1.26 bits per heavy atom. The monoisotopic (exact) mass is 346 g/mol. The first-order chi connectivity index (χ1) is 9.08. The molecule has 0 spiro atoms. The summed E-state index contributed by atoms with van der Waals surface area (Å²) in [6.07, 6.45) is 3.29. The molecule has 6 heteroatoms. The van der Waals surface area contributed by atoms with Gasteiger partial charge in [0, 0.05) is 34.6 Å². The van der Waals surface area contributed by atoms with E-state index in [4.69, 9.17) is 0 Å². The highest BCUT2D eigenvalue weighted by Gasteiger charge is 2.03. The minimum atomic E-state index is -0.000137. The molecule has 2 N–H and O–H groups in total. The van der Waals surface area contributed by atoms with Gasteiger partial charge in [-0.15, -0.1) is 11.3 Å². The second-order valence-electron chi connectivity index (χ2n) is 4.30. The number of halogens is 1. The van der Waals surface area contributed by atoms with E-state index >= 15 is 0 Å². The molecule has 1 rings (SSSR count). The van der Waals surface area contributed by atoms with Crippen LogP contribution in [0.15, 0.2) is 15.9 Å². The van der Waals surface area contributed by atoms with Crippen LogP contribution in [0, 0.1) is 0 Å². The predicted octanol–water partition coefficient (Wildman–Crippen LogP) is 2.82. The van der Waals surface area contributed by atoms with Crippen molar-refractivity contribution in [3.05, 3.63) is 20.8 Å². The van der Waals surface area contributed by atoms with Crippen molar-refractivity contribution in [3.63, 3.8) is 0 Å². The molecule has 0 aliphatic heterocycles. The molecule has 0 aliphatic rings. The predicted molar refractivity (Wildman–Crippen MR) is 81.0 cm³/mol. The quantitative estimate of drug-likeness (QED) is 0.711. The SMILES string of the molecule is CC(=O)NCCCCCC(=O)NCc1cc(Br)cs1. The molecule has 0 atom stereocenters. The van der Waals surface area contributed by atoms with Crippen molar-refractivity contribution in [1.82, 2.24) is 10.6 Å². The molecular formula is C13H19BrN2O2S. The molecule has 0 bridgehead atoms. The highest BCUT2D eigenvalue weighted by Crippen LogP contribution is 2.19. The van der Waals surface area contributed by atoms with Crippen LogP contribution in [0.3, 0.4) is 0 Å². The van der Waals surface area contributed by atoms with Crippen LogP contribution in [-0.4, -0.2) is 18.4 Å². The lowest BCUT2D eigenvalue weighted by molar-refractivity contribution is -0.121. The van der Waals surface area contributed by atoms with Crippen LogP contribution >= 0.6 is 27.3 Å². The van der Waals surface area contributed by atoms with E-state index in [-0.39, 0.29) is 11.8 Å². The van der Waals surface area contributed by atoms with Gasteiger partial charge in [-0.2, -0.15) is 0 Å². The van der Waals surface area contributed by atoms with Gasteiger partial charge in [0.1, 0.15) is 0 Å². The number of thiophene rings is 1. The molecule has 1 heterocycles. The Morgan fingerprint density at radius 3 is 2.68 bits per heavy atom. The number of hydrogen-bond acceptors (Lipinski definition) is 3. The summed E-state index contributed by atoms with van der Waals surface area (Å²) in [6.45, 7) is 2.80. The number of rotatable bonds is 8. The number of unbranched alkanes of at least 4 members (excludes halogenated alkanes) is 2. The Kier molecular flexibility index (Phi) is 7.74. The van der Waals surface area contributed by atoms with Gasteiger partial charge in [0.15, 0.2) is 0 Å². The Bertz CT molecular complexity index is 421. The molecule has 2 amide bonds. The molecule has 0 fully saturated rings. The van der Waals surface area contributed by atoms with E-state index in [2.05, 4.69) is 26.6 Å². The van der Waals surface area contributed by atoms with E-state index in [1.807, 2.05) is 11.4 Å². The first-order valence-electron chi connectivity index (χ1n) is 6.32. The van der Waals surface area contributed by atoms with Gasteiger partial charge in [0.2, 0.25) is 11.8 Å². The van der Waals surface area contributed by atoms with Gasteiger partial charge in [-0.05, 0) is 34.8 Å². The fourth-order valence-corrected chi connectivity index (χ4v) is 2.96. The van der Waals surface area contributed by atoms with Gasteiger partial charge in [-0.1, -0.05) is 6.42 Å². The lowest BCUT2D eigenvalue weighted by Crippen LogP contribution is -2.22. The molecule has 0 aliphatic carbocycles. The molecule has 106 valence electrons. The van der Waals surface area contributed by atoms with Crippen LogP contribution in [0.5, 0.6) is 0 Å². The molecule has 0 aromatic carbocycles. The number of hydrogen-bond donors (Lipinski definition) is 2. The van der Waals surface area contributed by atoms with E-state index in [0.29, 0.717) is 19.5 Å². The summed E-state index contributed by atoms with van der Waals surface area (Å²) in [5.41, 5.74) is 0. The average molecular weight is 347 g/mol. The third-order valence-corrected chi connectivity index (χ3v) is 4.23. The fourth-order valence-electron chi connectivity index (χ4n) is 1.57. The topological polar surface area (TPSA) is 58.2 Å². The third kappa shape index (κ3) is 8.00. The minimum absolute atomic E-state index is 0.000137. The lowest BCUT2D eigenvalue weighted by Gasteiger charge is -2.04. The summed E-state index contributed by atoms with van der Waals surface area (Å²) in [7, 11) is 0. The van der Waals surface area contributed by atoms with Crippen molar-refractivity contribution < 1.29 is 9.59 Å². The zero-order valence-electron chi connectivity index (χ0n) is 11.0. The number of carbonyl (C=O) groups is 2. The van der Waals surface area contributed by atoms with E-state index < -0.39 is 0 Å². The van der Waals surface area contributed by atoms with Crippen molar-refractivity contribution in [1.29, 1.82) is 0 Å². The number of amides is 2. The largest absolute Gasteiger partial charge is 0.356 e. The second kappa shape index (κ2) is 9.09. The molecular weight excluding hydrogens is 328 g/mol. The van der Waals surface area contributed by atoms with Crippen molar-refractivity contribution >= 4 is 39.1 Å². The maximum atomic E-state index is 11.6. The smallest absolute Gasteiger partial charge is 0.220 e. The van der Waals surface area contributed by atoms with Crippen molar-refractivity contribution in [2.75, 3.05) is 6.54 Å². The van der Waals surface area contributed by atoms with Gasteiger partial charge < -0.3 is 10.6 Å². The average Bonchev–Trinajstić information content (AvgIpc) is 2.76. The molecule has 1 aromatic rings. The van der Waals surface area contributed by atoms with Crippen molar-refractivity contribution in [3.8, 4) is 0 Å². The summed E-state index contributed by atoms with van der Waals surface area (Å²) in [5.74, 6) is 0.0869. The normalized spacial score (nSPS) is 10.2. The van der Waals surface area contributed by atoms with Crippen LogP contribution in [0.4, 0.5) is 0 Å². The first-order valence-corrected chi connectivity index (χ1v) is 7.99. The Labute approximate surface area is 126 Å². The number of carbonyl (C=O) groups excluding carboxylic acids is 2. The third-order valence-electron chi connectivity index (χ3n) is 2.54. The Hall–Kier alpha value is -0.880. The summed E-state index contributed by atoms with van der Waals surface area (Å²) < 4.78 is 1.06. The zero-order valence-corrected chi connectivity index (χ0v) is 13.4. The summed E-state index contributed by atoms with van der Waals surface area (Å²) in [4.78, 5) is 23.3. The van der Waals surface area contributed by atoms with E-state index in [1.165, 1.54) is 6.92 Å². The molecule has 0 saturated heterocycles. The van der Waals surface area contributed by atoms with Gasteiger partial charge >= 0.3 is 0 Å². The molecule has 1 aromatic heterocycles. The van der Waals surface area contributed by atoms with E-state index in [9.17, 15) is 9.59 Å². The van der Waals surface area contributed by atoms with Crippen molar-refractivity contribution in [2.45, 2.75) is 39.2 Å². The van der Waals surface area contributed by atoms with Crippen LogP contribution in [0.1, 0.15) is 37.5 Å². The fraction of sp³-hybridized carbons (Fsp3) is 0.538. The summed E-state index contributed by atoms with van der Waals surface area (Å²) >= 11 is 5.01. The molecule has 0 saturated carbocycles. The standard InChI is InChI=1S/C13H19BrN2O2S/c1-10(17)15-6-4-2-3-5-13(18)16-8-12-7-11(14)9-19-12/h7,9H,2-6,8H2,1H3,(H,15,17)(H,16,18). The summed E-state index contributed by atoms with van der Waals surface area (Å²) in [6, 6.07) is 2.01. The van der Waals surface area contributed by atoms with Gasteiger partial charge in [-0.25, -0.2) is 0 Å². The maximum absolute atomic E-state index is 11.6. The van der Waals surface area contributed by atoms with Crippen LogP contribution in [0.25, 0.3) is 0 Å². The van der Waals surface area contributed by atoms with Crippen LogP contribution in [-0.2, 0) is 16.1 Å². The number of nitrogens with one attached hydrogen (secondary N) is 2. The highest BCUT2D eigenvalue weighted by molar-refractivity contribution is 9.10. The van der Waals surface area contributed by atoms with Crippen LogP contribution < -0.4 is 10.6 Å². The van der Waals surface area contributed by atoms with E-state index in [0.717, 1.165) is 28.6 Å². The molecule has 0 radical (unpaired) electrons. The molecule has 4 nitrogen and oxygen atoms in total. The minimum Gasteiger partial charge on any atom is -0.356 e. The lowest BCUT2D eigenvalue weighted by atomic mass is 10.2. The van der Waals surface area contributed by atoms with Gasteiger partial charge in [0.25, 0.3) is 0 Å². The molecule has 19 heavy (non-hydrogen) atoms. The summed E-state index contributed by atoms with van der Waals surface area (Å²) in [5, 5.41) is 7.65. The molecule has 0 unspecified atom stereocenters. The highest BCUT2D eigenvalue weighted by atomic mass is 79.9. The first kappa shape index (κ1) is 16.2. The van der Waals surface area contributed by atoms with Crippen LogP contribution in [0.2, 0.25) is 0 Å². The maximum Gasteiger partial charge on any atom is 0.220 e. The Morgan fingerprint density at radius 2 is 2.05 bits per heavy atom.